The first-order chi connectivity index (χ1) is 8.69. The van der Waals surface area contributed by atoms with Gasteiger partial charge in [-0.2, -0.15) is 0 Å². The summed E-state index contributed by atoms with van der Waals surface area (Å²) in [6.07, 6.45) is 6.83. The summed E-state index contributed by atoms with van der Waals surface area (Å²) < 4.78 is 2.16. The minimum absolute atomic E-state index is 0.486. The Balaban J connectivity index is 2.02. The Labute approximate surface area is 112 Å². The molecule has 2 heterocycles. The highest BCUT2D eigenvalue weighted by Gasteiger charge is 2.06. The molecule has 0 radical (unpaired) electrons. The Kier molecular flexibility index (Phi) is 4.49. The lowest BCUT2D eigenvalue weighted by Crippen LogP contribution is -2.23. The monoisotopic (exact) mass is 264 g/mol. The number of aromatic nitrogens is 3. The Morgan fingerprint density at radius 1 is 1.39 bits per heavy atom. The summed E-state index contributed by atoms with van der Waals surface area (Å²) in [7, 11) is 0. The van der Waals surface area contributed by atoms with Crippen molar-refractivity contribution in [1.29, 1.82) is 0 Å². The molecule has 2 aromatic rings. The maximum Gasteiger partial charge on any atom is 0.113 e. The fourth-order valence-electron chi connectivity index (χ4n) is 1.68. The van der Waals surface area contributed by atoms with Gasteiger partial charge in [0.2, 0.25) is 0 Å². The molecule has 4 nitrogen and oxygen atoms in total. The van der Waals surface area contributed by atoms with Gasteiger partial charge in [0.25, 0.3) is 0 Å². The molecule has 0 aromatic carbocycles. The van der Waals surface area contributed by atoms with E-state index < -0.39 is 0 Å². The highest BCUT2D eigenvalue weighted by molar-refractivity contribution is 7.11. The van der Waals surface area contributed by atoms with E-state index >= 15 is 0 Å². The second-order valence-corrected chi connectivity index (χ2v) is 5.82. The number of nitrogens with one attached hydrogen (secondary N) is 1. The lowest BCUT2D eigenvalue weighted by atomic mass is 10.3. The predicted octanol–water partition coefficient (Wildman–Crippen LogP) is 2.45. The highest BCUT2D eigenvalue weighted by atomic mass is 32.1. The third-order valence-corrected chi connectivity index (χ3v) is 3.87. The van der Waals surface area contributed by atoms with E-state index in [0.29, 0.717) is 6.04 Å². The fourth-order valence-corrected chi connectivity index (χ4v) is 2.54. The topological polar surface area (TPSA) is 42.7 Å². The van der Waals surface area contributed by atoms with Crippen LogP contribution >= 0.6 is 11.3 Å². The van der Waals surface area contributed by atoms with E-state index in [9.17, 15) is 0 Å². The van der Waals surface area contributed by atoms with E-state index in [-0.39, 0.29) is 0 Å². The van der Waals surface area contributed by atoms with Crippen molar-refractivity contribution in [1.82, 2.24) is 19.9 Å². The minimum atomic E-state index is 0.486. The lowest BCUT2D eigenvalue weighted by Gasteiger charge is -2.10. The standard InChI is InChI=1S/C13H20N4S/c1-4-12-7-16-13(18-12)8-17-9-14-5-11(17)6-15-10(2)3/h5,7,9-10,15H,4,6,8H2,1-3H3. The Morgan fingerprint density at radius 2 is 2.22 bits per heavy atom. The number of hydrogen-bond acceptors (Lipinski definition) is 4. The van der Waals surface area contributed by atoms with Gasteiger partial charge in [0.05, 0.1) is 18.6 Å². The number of imidazole rings is 1. The molecule has 0 atom stereocenters. The zero-order valence-corrected chi connectivity index (χ0v) is 12.0. The zero-order chi connectivity index (χ0) is 13.0. The van der Waals surface area contributed by atoms with Gasteiger partial charge in [-0.05, 0) is 6.42 Å². The molecule has 18 heavy (non-hydrogen) atoms. The molecule has 0 fully saturated rings. The van der Waals surface area contributed by atoms with Crippen LogP contribution in [0.1, 0.15) is 36.3 Å². The van der Waals surface area contributed by atoms with Crippen molar-refractivity contribution in [2.24, 2.45) is 0 Å². The fraction of sp³-hybridized carbons (Fsp3) is 0.538. The van der Waals surface area contributed by atoms with Gasteiger partial charge in [0.15, 0.2) is 0 Å². The smallest absolute Gasteiger partial charge is 0.113 e. The predicted molar refractivity (Wildman–Crippen MR) is 74.8 cm³/mol. The van der Waals surface area contributed by atoms with Crippen molar-refractivity contribution in [2.75, 3.05) is 0 Å². The molecule has 0 unspecified atom stereocenters. The molecule has 5 heteroatoms. The Hall–Kier alpha value is -1.20. The van der Waals surface area contributed by atoms with Crippen LogP contribution in [0.25, 0.3) is 0 Å². The van der Waals surface area contributed by atoms with Crippen molar-refractivity contribution >= 4 is 11.3 Å². The number of rotatable bonds is 6. The van der Waals surface area contributed by atoms with Gasteiger partial charge in [-0.25, -0.2) is 9.97 Å². The van der Waals surface area contributed by atoms with Crippen LogP contribution in [-0.2, 0) is 19.5 Å². The molecule has 0 bridgehead atoms. The van der Waals surface area contributed by atoms with Gasteiger partial charge in [-0.1, -0.05) is 20.8 Å². The van der Waals surface area contributed by atoms with Gasteiger partial charge in [-0.15, -0.1) is 11.3 Å². The maximum absolute atomic E-state index is 4.45. The van der Waals surface area contributed by atoms with Crippen LogP contribution in [0.5, 0.6) is 0 Å². The van der Waals surface area contributed by atoms with E-state index in [2.05, 4.69) is 40.6 Å². The maximum atomic E-state index is 4.45. The summed E-state index contributed by atoms with van der Waals surface area (Å²) in [6.45, 7) is 8.13. The molecule has 1 N–H and O–H groups in total. The second kappa shape index (κ2) is 6.11. The molecular formula is C13H20N4S. The van der Waals surface area contributed by atoms with E-state index in [1.807, 2.05) is 18.7 Å². The van der Waals surface area contributed by atoms with Crippen molar-refractivity contribution in [3.05, 3.63) is 34.3 Å². The first kappa shape index (κ1) is 13.2. The van der Waals surface area contributed by atoms with Crippen molar-refractivity contribution in [3.8, 4) is 0 Å². The first-order valence-electron chi connectivity index (χ1n) is 6.35. The normalized spacial score (nSPS) is 11.3. The molecular weight excluding hydrogens is 244 g/mol. The lowest BCUT2D eigenvalue weighted by molar-refractivity contribution is 0.564. The SMILES string of the molecule is CCc1cnc(Cn2cncc2CNC(C)C)s1. The molecule has 0 amide bonds. The third-order valence-electron chi connectivity index (χ3n) is 2.75. The van der Waals surface area contributed by atoms with Gasteiger partial charge in [0.1, 0.15) is 5.01 Å². The largest absolute Gasteiger partial charge is 0.326 e. The van der Waals surface area contributed by atoms with Crippen LogP contribution in [0.2, 0.25) is 0 Å². The van der Waals surface area contributed by atoms with Crippen LogP contribution in [0.3, 0.4) is 0 Å². The van der Waals surface area contributed by atoms with Crippen LogP contribution in [0, 0.1) is 0 Å². The van der Waals surface area contributed by atoms with E-state index in [1.165, 1.54) is 10.6 Å². The van der Waals surface area contributed by atoms with E-state index in [1.54, 1.807) is 11.3 Å². The molecule has 0 spiro atoms. The summed E-state index contributed by atoms with van der Waals surface area (Å²) in [4.78, 5) is 10.0. The summed E-state index contributed by atoms with van der Waals surface area (Å²) in [5.74, 6) is 0. The summed E-state index contributed by atoms with van der Waals surface area (Å²) >= 11 is 1.78. The first-order valence-corrected chi connectivity index (χ1v) is 7.16. The van der Waals surface area contributed by atoms with Crippen molar-refractivity contribution in [3.63, 3.8) is 0 Å². The molecule has 98 valence electrons. The highest BCUT2D eigenvalue weighted by Crippen LogP contribution is 2.15. The van der Waals surface area contributed by atoms with Crippen LogP contribution in [-0.4, -0.2) is 20.6 Å². The van der Waals surface area contributed by atoms with Crippen LogP contribution < -0.4 is 5.32 Å². The summed E-state index contributed by atoms with van der Waals surface area (Å²) in [6, 6.07) is 0.486. The number of nitrogens with zero attached hydrogens (tertiary/aromatic N) is 3. The molecule has 0 aliphatic heterocycles. The molecule has 2 rings (SSSR count). The van der Waals surface area contributed by atoms with Gasteiger partial charge in [0, 0.05) is 29.9 Å². The molecule has 0 aliphatic rings. The number of hydrogen-bond donors (Lipinski definition) is 1. The van der Waals surface area contributed by atoms with Gasteiger partial charge >= 0.3 is 0 Å². The van der Waals surface area contributed by atoms with Gasteiger partial charge < -0.3 is 9.88 Å². The van der Waals surface area contributed by atoms with Crippen LogP contribution in [0.4, 0.5) is 0 Å². The Morgan fingerprint density at radius 3 is 2.89 bits per heavy atom. The zero-order valence-electron chi connectivity index (χ0n) is 11.2. The molecule has 0 aliphatic carbocycles. The second-order valence-electron chi connectivity index (χ2n) is 4.62. The van der Waals surface area contributed by atoms with E-state index in [0.717, 1.165) is 24.5 Å². The Bertz CT molecular complexity index is 487. The summed E-state index contributed by atoms with van der Waals surface area (Å²) in [5.41, 5.74) is 1.21. The van der Waals surface area contributed by atoms with Gasteiger partial charge in [-0.3, -0.25) is 0 Å². The molecule has 0 saturated carbocycles. The minimum Gasteiger partial charge on any atom is -0.326 e. The molecule has 2 aromatic heterocycles. The average Bonchev–Trinajstić information content (AvgIpc) is 2.96. The third kappa shape index (κ3) is 3.40. The number of aryl methyl sites for hydroxylation is 1. The number of thiazole rings is 1. The van der Waals surface area contributed by atoms with E-state index in [4.69, 9.17) is 0 Å². The quantitative estimate of drug-likeness (QED) is 0.871. The molecule has 0 saturated heterocycles. The summed E-state index contributed by atoms with van der Waals surface area (Å²) in [5, 5.41) is 4.56. The van der Waals surface area contributed by atoms with Crippen LogP contribution in [0.15, 0.2) is 18.7 Å². The average molecular weight is 264 g/mol. The van der Waals surface area contributed by atoms with Crippen molar-refractivity contribution < 1.29 is 0 Å². The van der Waals surface area contributed by atoms with Crippen molar-refractivity contribution in [2.45, 2.75) is 46.3 Å².